The van der Waals surface area contributed by atoms with Crippen molar-refractivity contribution in [3.8, 4) is 0 Å². The molecule has 1 aromatic rings. The van der Waals surface area contributed by atoms with E-state index in [2.05, 4.69) is 0 Å². The first-order valence-electron chi connectivity index (χ1n) is 6.48. The third kappa shape index (κ3) is 3.21. The molecule has 0 unspecified atom stereocenters. The number of aliphatic hydroxyl groups excluding tert-OH is 1. The van der Waals surface area contributed by atoms with Crippen molar-refractivity contribution in [2.24, 2.45) is 5.92 Å². The zero-order chi connectivity index (χ0) is 15.6. The average molecular weight is 334 g/mol. The number of aliphatic hydroxyl groups is 1. The first-order valence-corrected chi connectivity index (χ1v) is 8.29. The maximum atomic E-state index is 12.6. The summed E-state index contributed by atoms with van der Waals surface area (Å²) in [4.78, 5) is 11.0. The van der Waals surface area contributed by atoms with Crippen LogP contribution in [0, 0.1) is 5.92 Å². The van der Waals surface area contributed by atoms with E-state index in [0.29, 0.717) is 0 Å². The molecule has 8 heteroatoms. The molecule has 1 aliphatic rings. The lowest BCUT2D eigenvalue weighted by atomic mass is 9.93. The van der Waals surface area contributed by atoms with Crippen LogP contribution in [0.25, 0.3) is 0 Å². The van der Waals surface area contributed by atoms with E-state index in [4.69, 9.17) is 16.7 Å². The summed E-state index contributed by atoms with van der Waals surface area (Å²) in [6, 6.07) is 5.32. The van der Waals surface area contributed by atoms with Gasteiger partial charge < -0.3 is 10.2 Å². The van der Waals surface area contributed by atoms with Crippen molar-refractivity contribution in [2.45, 2.75) is 23.8 Å². The van der Waals surface area contributed by atoms with E-state index in [9.17, 15) is 18.3 Å². The Hall–Kier alpha value is -1.15. The Kier molecular flexibility index (Phi) is 4.88. The third-order valence-electron chi connectivity index (χ3n) is 3.65. The van der Waals surface area contributed by atoms with Crippen molar-refractivity contribution in [1.29, 1.82) is 0 Å². The van der Waals surface area contributed by atoms with E-state index in [1.54, 1.807) is 12.1 Å². The Bertz CT molecular complexity index is 633. The molecule has 0 saturated carbocycles. The van der Waals surface area contributed by atoms with E-state index in [0.717, 1.165) is 4.31 Å². The third-order valence-corrected chi connectivity index (χ3v) is 6.10. The van der Waals surface area contributed by atoms with Crippen LogP contribution in [-0.4, -0.2) is 48.1 Å². The number of aliphatic carboxylic acids is 1. The SMILES string of the molecule is O=C(O)[C@H]1CCN(S(=O)(=O)c2ccccc2Cl)[C@H](CO)C1. The maximum absolute atomic E-state index is 12.6. The van der Waals surface area contributed by atoms with Gasteiger partial charge in [0.05, 0.1) is 17.5 Å². The van der Waals surface area contributed by atoms with Crippen LogP contribution in [0.2, 0.25) is 5.02 Å². The molecule has 0 radical (unpaired) electrons. The molecule has 1 aromatic carbocycles. The number of carboxylic acid groups (broad SMARTS) is 1. The smallest absolute Gasteiger partial charge is 0.306 e. The summed E-state index contributed by atoms with van der Waals surface area (Å²) >= 11 is 5.94. The standard InChI is InChI=1S/C13H16ClNO5S/c14-11-3-1-2-4-12(11)21(19,20)15-6-5-9(13(17)18)7-10(15)8-16/h1-4,9-10,16H,5-8H2,(H,17,18)/t9-,10-/m0/s1. The molecule has 2 rings (SSSR count). The molecule has 0 bridgehead atoms. The normalized spacial score (nSPS) is 23.9. The summed E-state index contributed by atoms with van der Waals surface area (Å²) in [7, 11) is -3.85. The van der Waals surface area contributed by atoms with Gasteiger partial charge in [-0.15, -0.1) is 0 Å². The Labute approximate surface area is 128 Å². The molecular formula is C13H16ClNO5S. The van der Waals surface area contributed by atoms with Crippen molar-refractivity contribution in [2.75, 3.05) is 13.2 Å². The van der Waals surface area contributed by atoms with Gasteiger partial charge in [0.15, 0.2) is 0 Å². The Balaban J connectivity index is 2.32. The van der Waals surface area contributed by atoms with Crippen molar-refractivity contribution in [3.05, 3.63) is 29.3 Å². The summed E-state index contributed by atoms with van der Waals surface area (Å²) in [5.41, 5.74) is 0. The lowest BCUT2D eigenvalue weighted by Crippen LogP contribution is -2.49. The summed E-state index contributed by atoms with van der Waals surface area (Å²) in [6.07, 6.45) is 0.311. The molecule has 21 heavy (non-hydrogen) atoms. The van der Waals surface area contributed by atoms with E-state index in [1.807, 2.05) is 0 Å². The second kappa shape index (κ2) is 6.31. The molecule has 1 fully saturated rings. The van der Waals surface area contributed by atoms with Gasteiger partial charge in [0.25, 0.3) is 0 Å². The molecule has 1 saturated heterocycles. The molecule has 116 valence electrons. The molecule has 0 aliphatic carbocycles. The van der Waals surface area contributed by atoms with Crippen molar-refractivity contribution in [3.63, 3.8) is 0 Å². The van der Waals surface area contributed by atoms with Crippen LogP contribution in [0.15, 0.2) is 29.2 Å². The van der Waals surface area contributed by atoms with Gasteiger partial charge in [0.2, 0.25) is 10.0 Å². The summed E-state index contributed by atoms with van der Waals surface area (Å²) in [6.45, 7) is -0.372. The van der Waals surface area contributed by atoms with Gasteiger partial charge in [-0.1, -0.05) is 23.7 Å². The van der Waals surface area contributed by atoms with E-state index >= 15 is 0 Å². The lowest BCUT2D eigenvalue weighted by Gasteiger charge is -2.36. The number of carbonyl (C=O) groups is 1. The van der Waals surface area contributed by atoms with Gasteiger partial charge >= 0.3 is 5.97 Å². The highest BCUT2D eigenvalue weighted by atomic mass is 35.5. The molecule has 0 spiro atoms. The van der Waals surface area contributed by atoms with Gasteiger partial charge in [0.1, 0.15) is 4.90 Å². The van der Waals surface area contributed by atoms with E-state index in [1.165, 1.54) is 12.1 Å². The van der Waals surface area contributed by atoms with Crippen LogP contribution < -0.4 is 0 Å². The number of benzene rings is 1. The average Bonchev–Trinajstić information content (AvgIpc) is 2.46. The van der Waals surface area contributed by atoms with Gasteiger partial charge in [-0.05, 0) is 25.0 Å². The predicted octanol–water partition coefficient (Wildman–Crippen LogP) is 1.19. The molecule has 6 nitrogen and oxygen atoms in total. The fraction of sp³-hybridized carbons (Fsp3) is 0.462. The minimum Gasteiger partial charge on any atom is -0.481 e. The highest BCUT2D eigenvalue weighted by molar-refractivity contribution is 7.89. The van der Waals surface area contributed by atoms with Crippen molar-refractivity contribution >= 4 is 27.6 Å². The molecule has 2 N–H and O–H groups in total. The molecule has 1 aliphatic heterocycles. The number of piperidine rings is 1. The minimum atomic E-state index is -3.85. The number of hydrogen-bond acceptors (Lipinski definition) is 4. The number of carboxylic acids is 1. The van der Waals surface area contributed by atoms with Crippen LogP contribution in [0.1, 0.15) is 12.8 Å². The topological polar surface area (TPSA) is 94.9 Å². The highest BCUT2D eigenvalue weighted by Crippen LogP contribution is 2.31. The van der Waals surface area contributed by atoms with Crippen molar-refractivity contribution < 1.29 is 23.4 Å². The summed E-state index contributed by atoms with van der Waals surface area (Å²) in [5, 5.41) is 18.5. The second-order valence-corrected chi connectivity index (χ2v) is 7.21. The van der Waals surface area contributed by atoms with Crippen molar-refractivity contribution in [1.82, 2.24) is 4.31 Å². The zero-order valence-corrected chi connectivity index (χ0v) is 12.7. The number of halogens is 1. The van der Waals surface area contributed by atoms with E-state index < -0.39 is 34.6 Å². The maximum Gasteiger partial charge on any atom is 0.306 e. The molecule has 1 heterocycles. The van der Waals surface area contributed by atoms with Crippen LogP contribution in [0.5, 0.6) is 0 Å². The summed E-state index contributed by atoms with van der Waals surface area (Å²) < 4.78 is 26.4. The Morgan fingerprint density at radius 2 is 2.05 bits per heavy atom. The zero-order valence-electron chi connectivity index (χ0n) is 11.1. The quantitative estimate of drug-likeness (QED) is 0.863. The van der Waals surface area contributed by atoms with Crippen LogP contribution in [-0.2, 0) is 14.8 Å². The first kappa shape index (κ1) is 16.2. The second-order valence-electron chi connectivity index (χ2n) is 4.94. The number of rotatable bonds is 4. The van der Waals surface area contributed by atoms with Gasteiger partial charge in [-0.25, -0.2) is 8.42 Å². The highest BCUT2D eigenvalue weighted by Gasteiger charge is 2.39. The number of hydrogen-bond donors (Lipinski definition) is 2. The molecule has 0 aromatic heterocycles. The Morgan fingerprint density at radius 1 is 1.38 bits per heavy atom. The van der Waals surface area contributed by atoms with Crippen LogP contribution >= 0.6 is 11.6 Å². The van der Waals surface area contributed by atoms with Gasteiger partial charge in [-0.3, -0.25) is 4.79 Å². The van der Waals surface area contributed by atoms with Gasteiger partial charge in [-0.2, -0.15) is 4.31 Å². The van der Waals surface area contributed by atoms with Gasteiger partial charge in [0, 0.05) is 12.6 Å². The monoisotopic (exact) mass is 333 g/mol. The predicted molar refractivity (Wildman–Crippen MR) is 76.6 cm³/mol. The molecule has 2 atom stereocenters. The molecule has 0 amide bonds. The first-order chi connectivity index (χ1) is 9.87. The van der Waals surface area contributed by atoms with E-state index in [-0.39, 0.29) is 29.3 Å². The lowest BCUT2D eigenvalue weighted by molar-refractivity contribution is -0.143. The molecular weight excluding hydrogens is 318 g/mol. The minimum absolute atomic E-state index is 0.0288. The number of sulfonamides is 1. The summed E-state index contributed by atoms with van der Waals surface area (Å²) in [5.74, 6) is -1.61. The van der Waals surface area contributed by atoms with Crippen LogP contribution in [0.4, 0.5) is 0 Å². The number of nitrogens with zero attached hydrogens (tertiary/aromatic N) is 1. The fourth-order valence-electron chi connectivity index (χ4n) is 2.52. The Morgan fingerprint density at radius 3 is 2.62 bits per heavy atom. The van der Waals surface area contributed by atoms with Crippen LogP contribution in [0.3, 0.4) is 0 Å². The largest absolute Gasteiger partial charge is 0.481 e. The fourth-order valence-corrected chi connectivity index (χ4v) is 4.65.